The minimum atomic E-state index is 0.164. The van der Waals surface area contributed by atoms with E-state index in [-0.39, 0.29) is 17.6 Å². The van der Waals surface area contributed by atoms with Crippen molar-refractivity contribution in [3.8, 4) is 0 Å². The molecular formula is C16H28N4. The van der Waals surface area contributed by atoms with Gasteiger partial charge in [-0.3, -0.25) is 14.8 Å². The summed E-state index contributed by atoms with van der Waals surface area (Å²) in [6.07, 6.45) is 4.72. The van der Waals surface area contributed by atoms with Crippen LogP contribution >= 0.6 is 0 Å². The number of rotatable bonds is 4. The van der Waals surface area contributed by atoms with Crippen molar-refractivity contribution in [1.82, 2.24) is 14.8 Å². The van der Waals surface area contributed by atoms with E-state index in [0.29, 0.717) is 0 Å². The quantitative estimate of drug-likeness (QED) is 0.912. The molecule has 0 spiro atoms. The second kappa shape index (κ2) is 6.20. The summed E-state index contributed by atoms with van der Waals surface area (Å²) in [5.41, 5.74) is 7.91. The van der Waals surface area contributed by atoms with E-state index in [1.807, 2.05) is 12.4 Å². The Kier molecular flexibility index (Phi) is 4.78. The lowest BCUT2D eigenvalue weighted by Gasteiger charge is -2.49. The molecule has 1 aliphatic heterocycles. The van der Waals surface area contributed by atoms with E-state index in [4.69, 9.17) is 5.73 Å². The molecule has 1 fully saturated rings. The summed E-state index contributed by atoms with van der Waals surface area (Å²) in [7, 11) is 2.21. The van der Waals surface area contributed by atoms with Crippen molar-refractivity contribution < 1.29 is 0 Å². The molecule has 0 bridgehead atoms. The Bertz CT molecular complexity index is 418. The molecule has 20 heavy (non-hydrogen) atoms. The Balaban J connectivity index is 2.24. The number of piperazine rings is 1. The van der Waals surface area contributed by atoms with Gasteiger partial charge >= 0.3 is 0 Å². The molecule has 1 saturated heterocycles. The topological polar surface area (TPSA) is 45.4 Å². The third-order valence-corrected chi connectivity index (χ3v) is 4.66. The van der Waals surface area contributed by atoms with Gasteiger partial charge < -0.3 is 5.73 Å². The third kappa shape index (κ3) is 3.19. The summed E-state index contributed by atoms with van der Waals surface area (Å²) in [5, 5.41) is 0. The van der Waals surface area contributed by atoms with Crippen LogP contribution in [0.15, 0.2) is 24.5 Å². The Hall–Kier alpha value is -0.970. The predicted octanol–water partition coefficient (Wildman–Crippen LogP) is 1.89. The van der Waals surface area contributed by atoms with Crippen LogP contribution in [0, 0.1) is 0 Å². The summed E-state index contributed by atoms with van der Waals surface area (Å²) in [6, 6.07) is 4.66. The van der Waals surface area contributed by atoms with Gasteiger partial charge in [-0.2, -0.15) is 0 Å². The maximum absolute atomic E-state index is 6.43. The molecule has 0 aliphatic carbocycles. The van der Waals surface area contributed by atoms with Gasteiger partial charge in [0.05, 0.1) is 6.04 Å². The molecule has 4 nitrogen and oxygen atoms in total. The molecule has 1 aromatic heterocycles. The van der Waals surface area contributed by atoms with Crippen LogP contribution < -0.4 is 5.73 Å². The van der Waals surface area contributed by atoms with E-state index in [1.54, 1.807) is 0 Å². The summed E-state index contributed by atoms with van der Waals surface area (Å²) in [6.45, 7) is 9.98. The molecule has 2 rings (SSSR count). The van der Waals surface area contributed by atoms with E-state index < -0.39 is 0 Å². The van der Waals surface area contributed by atoms with Gasteiger partial charge in [-0.1, -0.05) is 6.92 Å². The zero-order chi connectivity index (χ0) is 14.8. The molecule has 4 heteroatoms. The molecule has 1 aliphatic rings. The lowest BCUT2D eigenvalue weighted by molar-refractivity contribution is 0.00953. The first-order valence-electron chi connectivity index (χ1n) is 7.56. The number of pyridine rings is 1. The second-order valence-electron chi connectivity index (χ2n) is 6.50. The normalized spacial score (nSPS) is 23.4. The highest BCUT2D eigenvalue weighted by atomic mass is 15.3. The fourth-order valence-electron chi connectivity index (χ4n) is 3.03. The van der Waals surface area contributed by atoms with Crippen LogP contribution in [0.5, 0.6) is 0 Å². The van der Waals surface area contributed by atoms with Gasteiger partial charge in [-0.25, -0.2) is 0 Å². The summed E-state index contributed by atoms with van der Waals surface area (Å²) in [4.78, 5) is 9.11. The number of likely N-dealkylation sites (N-methyl/N-ethyl adjacent to an activating group) is 1. The average Bonchev–Trinajstić information content (AvgIpc) is 2.43. The van der Waals surface area contributed by atoms with Gasteiger partial charge in [0, 0.05) is 43.6 Å². The molecule has 1 aromatic rings. The van der Waals surface area contributed by atoms with Crippen LogP contribution in [0.2, 0.25) is 0 Å². The third-order valence-electron chi connectivity index (χ3n) is 4.66. The summed E-state index contributed by atoms with van der Waals surface area (Å²) in [5.74, 6) is 0. The molecule has 2 unspecified atom stereocenters. The van der Waals surface area contributed by atoms with Crippen LogP contribution in [0.4, 0.5) is 0 Å². The molecule has 2 N–H and O–H groups in total. The fourth-order valence-corrected chi connectivity index (χ4v) is 3.03. The molecule has 0 aromatic carbocycles. The van der Waals surface area contributed by atoms with Crippen molar-refractivity contribution in [2.75, 3.05) is 26.7 Å². The van der Waals surface area contributed by atoms with Gasteiger partial charge in [0.2, 0.25) is 0 Å². The highest BCUT2D eigenvalue weighted by Crippen LogP contribution is 2.30. The first-order chi connectivity index (χ1) is 9.45. The van der Waals surface area contributed by atoms with Crippen LogP contribution in [-0.4, -0.2) is 53.0 Å². The average molecular weight is 276 g/mol. The smallest absolute Gasteiger partial charge is 0.0501 e. The van der Waals surface area contributed by atoms with Gasteiger partial charge in [0.25, 0.3) is 0 Å². The molecule has 2 atom stereocenters. The maximum atomic E-state index is 6.43. The lowest BCUT2D eigenvalue weighted by Crippen LogP contribution is -2.59. The maximum Gasteiger partial charge on any atom is 0.0501 e. The van der Waals surface area contributed by atoms with Crippen LogP contribution in [0.3, 0.4) is 0 Å². The van der Waals surface area contributed by atoms with Crippen LogP contribution in [-0.2, 0) is 0 Å². The number of nitrogens with zero attached hydrogens (tertiary/aromatic N) is 3. The first kappa shape index (κ1) is 15.4. The SMILES string of the molecule is CCC(N)C(c1ccncc1)N1CCN(C)C(C)(C)C1. The highest BCUT2D eigenvalue weighted by Gasteiger charge is 2.36. The van der Waals surface area contributed by atoms with Crippen molar-refractivity contribution >= 4 is 0 Å². The van der Waals surface area contributed by atoms with Crippen molar-refractivity contribution in [2.24, 2.45) is 5.73 Å². The van der Waals surface area contributed by atoms with Gasteiger partial charge in [0.1, 0.15) is 0 Å². The van der Waals surface area contributed by atoms with Crippen LogP contribution in [0.25, 0.3) is 0 Å². The Labute approximate surface area is 123 Å². The molecule has 2 heterocycles. The summed E-state index contributed by atoms with van der Waals surface area (Å²) >= 11 is 0. The fraction of sp³-hybridized carbons (Fsp3) is 0.688. The standard InChI is InChI=1S/C16H28N4/c1-5-14(17)15(13-6-8-18-9-7-13)20-11-10-19(4)16(2,3)12-20/h6-9,14-15H,5,10-12,17H2,1-4H3. The number of nitrogens with two attached hydrogens (primary N) is 1. The zero-order valence-electron chi connectivity index (χ0n) is 13.2. The number of aromatic nitrogens is 1. The van der Waals surface area contributed by atoms with E-state index in [2.05, 4.69) is 54.7 Å². The minimum absolute atomic E-state index is 0.164. The molecule has 0 amide bonds. The number of hydrogen-bond acceptors (Lipinski definition) is 4. The van der Waals surface area contributed by atoms with Crippen molar-refractivity contribution in [2.45, 2.75) is 44.8 Å². The predicted molar refractivity (Wildman–Crippen MR) is 83.5 cm³/mol. The number of hydrogen-bond donors (Lipinski definition) is 1. The van der Waals surface area contributed by atoms with Crippen molar-refractivity contribution in [3.05, 3.63) is 30.1 Å². The summed E-state index contributed by atoms with van der Waals surface area (Å²) < 4.78 is 0. The Morgan fingerprint density at radius 2 is 1.95 bits per heavy atom. The molecule has 0 radical (unpaired) electrons. The first-order valence-corrected chi connectivity index (χ1v) is 7.56. The van der Waals surface area contributed by atoms with Gasteiger partial charge in [-0.15, -0.1) is 0 Å². The zero-order valence-corrected chi connectivity index (χ0v) is 13.2. The Morgan fingerprint density at radius 3 is 2.50 bits per heavy atom. The molecule has 112 valence electrons. The van der Waals surface area contributed by atoms with E-state index in [0.717, 1.165) is 26.1 Å². The molecule has 0 saturated carbocycles. The van der Waals surface area contributed by atoms with E-state index >= 15 is 0 Å². The molecular weight excluding hydrogens is 248 g/mol. The van der Waals surface area contributed by atoms with E-state index in [9.17, 15) is 0 Å². The highest BCUT2D eigenvalue weighted by molar-refractivity contribution is 5.18. The monoisotopic (exact) mass is 276 g/mol. The van der Waals surface area contributed by atoms with Crippen LogP contribution in [0.1, 0.15) is 38.8 Å². The van der Waals surface area contributed by atoms with Gasteiger partial charge in [-0.05, 0) is 45.0 Å². The lowest BCUT2D eigenvalue weighted by atomic mass is 9.92. The van der Waals surface area contributed by atoms with Crippen molar-refractivity contribution in [3.63, 3.8) is 0 Å². The van der Waals surface area contributed by atoms with Crippen molar-refractivity contribution in [1.29, 1.82) is 0 Å². The van der Waals surface area contributed by atoms with Gasteiger partial charge in [0.15, 0.2) is 0 Å². The van der Waals surface area contributed by atoms with E-state index in [1.165, 1.54) is 5.56 Å². The Morgan fingerprint density at radius 1 is 1.30 bits per heavy atom. The minimum Gasteiger partial charge on any atom is -0.326 e. The largest absolute Gasteiger partial charge is 0.326 e. The second-order valence-corrected chi connectivity index (χ2v) is 6.50.